The molecule has 0 saturated carbocycles. The molecule has 0 radical (unpaired) electrons. The van der Waals surface area contributed by atoms with E-state index in [0.29, 0.717) is 18.8 Å². The predicted octanol–water partition coefficient (Wildman–Crippen LogP) is 1.52. The molecule has 2 atom stereocenters. The molecule has 2 bridgehead atoms. The van der Waals surface area contributed by atoms with Crippen molar-refractivity contribution < 1.29 is 4.74 Å². The minimum atomic E-state index is 0.406. The predicted molar refractivity (Wildman–Crippen MR) is 71.7 cm³/mol. The molecule has 2 aliphatic rings. The molecular weight excluding hydrogens is 226 g/mol. The highest BCUT2D eigenvalue weighted by Gasteiger charge is 2.34. The molecule has 2 unspecified atom stereocenters. The van der Waals surface area contributed by atoms with Gasteiger partial charge in [0.05, 0.1) is 12.2 Å². The molecule has 2 aliphatic heterocycles. The molecule has 98 valence electrons. The minimum Gasteiger partial charge on any atom is -0.371 e. The third-order valence-electron chi connectivity index (χ3n) is 4.02. The molecule has 0 aliphatic carbocycles. The monoisotopic (exact) mass is 247 g/mol. The van der Waals surface area contributed by atoms with E-state index >= 15 is 0 Å². The number of nitrogens with two attached hydrogens (primary N) is 1. The van der Waals surface area contributed by atoms with Crippen LogP contribution in [0.3, 0.4) is 0 Å². The molecular formula is C14H21N3O. The minimum absolute atomic E-state index is 0.406. The van der Waals surface area contributed by atoms with Gasteiger partial charge in [-0.3, -0.25) is 4.98 Å². The van der Waals surface area contributed by atoms with Gasteiger partial charge < -0.3 is 15.4 Å². The molecule has 4 nitrogen and oxygen atoms in total. The van der Waals surface area contributed by atoms with E-state index in [4.69, 9.17) is 10.5 Å². The largest absolute Gasteiger partial charge is 0.371 e. The fourth-order valence-electron chi connectivity index (χ4n) is 3.18. The van der Waals surface area contributed by atoms with Gasteiger partial charge in [-0.1, -0.05) is 0 Å². The number of fused-ring (bicyclic) bond motifs is 2. The number of pyridine rings is 1. The first-order chi connectivity index (χ1) is 8.67. The van der Waals surface area contributed by atoms with Crippen molar-refractivity contribution in [2.45, 2.75) is 45.4 Å². The van der Waals surface area contributed by atoms with Crippen LogP contribution in [0.5, 0.6) is 0 Å². The molecule has 1 aromatic rings. The van der Waals surface area contributed by atoms with Crippen LogP contribution in [-0.2, 0) is 11.3 Å². The Balaban J connectivity index is 1.96. The third-order valence-corrected chi connectivity index (χ3v) is 4.02. The molecule has 0 aromatic carbocycles. The lowest BCUT2D eigenvalue weighted by molar-refractivity contribution is 0.0304. The van der Waals surface area contributed by atoms with Crippen molar-refractivity contribution in [1.29, 1.82) is 0 Å². The number of hydrogen-bond acceptors (Lipinski definition) is 4. The van der Waals surface area contributed by atoms with Crippen LogP contribution < -0.4 is 10.6 Å². The number of aryl methyl sites for hydroxylation is 2. The molecule has 2 fully saturated rings. The summed E-state index contributed by atoms with van der Waals surface area (Å²) in [5.74, 6) is 0. The van der Waals surface area contributed by atoms with Crippen molar-refractivity contribution in [2.24, 2.45) is 5.73 Å². The average Bonchev–Trinajstić information content (AvgIpc) is 2.67. The number of nitrogens with zero attached hydrogens (tertiary/aromatic N) is 2. The standard InChI is InChI=1S/C14H21N3O/c1-9-5-14(13(6-15)10(2)16-9)17-7-11-3-4-12(8-17)18-11/h5,11-12H,3-4,6-8,15H2,1-2H3. The summed E-state index contributed by atoms with van der Waals surface area (Å²) in [7, 11) is 0. The van der Waals surface area contributed by atoms with Gasteiger partial charge in [0, 0.05) is 42.3 Å². The number of morpholine rings is 1. The van der Waals surface area contributed by atoms with Crippen LogP contribution in [0, 0.1) is 13.8 Å². The summed E-state index contributed by atoms with van der Waals surface area (Å²) in [6.45, 7) is 6.64. The molecule has 0 amide bonds. The summed E-state index contributed by atoms with van der Waals surface area (Å²) in [6, 6.07) is 2.17. The summed E-state index contributed by atoms with van der Waals surface area (Å²) >= 11 is 0. The van der Waals surface area contributed by atoms with Crippen LogP contribution in [-0.4, -0.2) is 30.3 Å². The first-order valence-electron chi connectivity index (χ1n) is 6.75. The zero-order valence-corrected chi connectivity index (χ0v) is 11.1. The Labute approximate surface area is 108 Å². The molecule has 0 spiro atoms. The number of rotatable bonds is 2. The first kappa shape index (κ1) is 11.9. The Bertz CT molecular complexity index is 449. The maximum Gasteiger partial charge on any atom is 0.0755 e. The van der Waals surface area contributed by atoms with E-state index in [9.17, 15) is 0 Å². The van der Waals surface area contributed by atoms with Gasteiger partial charge in [0.15, 0.2) is 0 Å². The van der Waals surface area contributed by atoms with Gasteiger partial charge in [0.25, 0.3) is 0 Å². The van der Waals surface area contributed by atoms with Crippen LogP contribution in [0.25, 0.3) is 0 Å². The van der Waals surface area contributed by atoms with E-state index in [1.165, 1.54) is 24.1 Å². The second kappa shape index (κ2) is 4.52. The number of ether oxygens (including phenoxy) is 1. The Morgan fingerprint density at radius 3 is 2.61 bits per heavy atom. The second-order valence-corrected chi connectivity index (χ2v) is 5.41. The highest BCUT2D eigenvalue weighted by atomic mass is 16.5. The van der Waals surface area contributed by atoms with Gasteiger partial charge in [-0.05, 0) is 32.8 Å². The Hall–Kier alpha value is -1.13. The SMILES string of the molecule is Cc1cc(N2CC3CCC(C2)O3)c(CN)c(C)n1. The lowest BCUT2D eigenvalue weighted by Crippen LogP contribution is -2.43. The van der Waals surface area contributed by atoms with Gasteiger partial charge in [0.2, 0.25) is 0 Å². The van der Waals surface area contributed by atoms with Gasteiger partial charge in [0.1, 0.15) is 0 Å². The maximum absolute atomic E-state index is 5.90. The summed E-state index contributed by atoms with van der Waals surface area (Å²) in [5.41, 5.74) is 10.5. The molecule has 4 heteroatoms. The summed E-state index contributed by atoms with van der Waals surface area (Å²) in [6.07, 6.45) is 3.20. The van der Waals surface area contributed by atoms with Crippen LogP contribution >= 0.6 is 0 Å². The zero-order chi connectivity index (χ0) is 12.7. The lowest BCUT2D eigenvalue weighted by Gasteiger charge is -2.35. The lowest BCUT2D eigenvalue weighted by atomic mass is 10.1. The molecule has 2 N–H and O–H groups in total. The Morgan fingerprint density at radius 1 is 1.33 bits per heavy atom. The summed E-state index contributed by atoms with van der Waals surface area (Å²) in [5, 5.41) is 0. The number of aromatic nitrogens is 1. The van der Waals surface area contributed by atoms with E-state index < -0.39 is 0 Å². The summed E-state index contributed by atoms with van der Waals surface area (Å²) < 4.78 is 5.89. The normalized spacial score (nSPS) is 26.7. The Kier molecular flexibility index (Phi) is 2.99. The quantitative estimate of drug-likeness (QED) is 0.861. The second-order valence-electron chi connectivity index (χ2n) is 5.41. The van der Waals surface area contributed by atoms with Gasteiger partial charge in [-0.2, -0.15) is 0 Å². The van der Waals surface area contributed by atoms with E-state index in [0.717, 1.165) is 24.5 Å². The molecule has 3 heterocycles. The average molecular weight is 247 g/mol. The highest BCUT2D eigenvalue weighted by molar-refractivity contribution is 5.56. The van der Waals surface area contributed by atoms with Gasteiger partial charge in [-0.15, -0.1) is 0 Å². The molecule has 1 aromatic heterocycles. The van der Waals surface area contributed by atoms with Gasteiger partial charge in [-0.25, -0.2) is 0 Å². The van der Waals surface area contributed by atoms with Gasteiger partial charge >= 0.3 is 0 Å². The smallest absolute Gasteiger partial charge is 0.0755 e. The fourth-order valence-corrected chi connectivity index (χ4v) is 3.18. The van der Waals surface area contributed by atoms with Crippen molar-refractivity contribution in [1.82, 2.24) is 4.98 Å². The maximum atomic E-state index is 5.90. The Morgan fingerprint density at radius 2 is 2.00 bits per heavy atom. The topological polar surface area (TPSA) is 51.4 Å². The molecule has 18 heavy (non-hydrogen) atoms. The number of hydrogen-bond donors (Lipinski definition) is 1. The first-order valence-corrected chi connectivity index (χ1v) is 6.75. The van der Waals surface area contributed by atoms with Crippen molar-refractivity contribution in [2.75, 3.05) is 18.0 Å². The van der Waals surface area contributed by atoms with Crippen LogP contribution in [0.4, 0.5) is 5.69 Å². The van der Waals surface area contributed by atoms with Crippen LogP contribution in [0.15, 0.2) is 6.07 Å². The van der Waals surface area contributed by atoms with Crippen molar-refractivity contribution >= 4 is 5.69 Å². The van der Waals surface area contributed by atoms with Crippen LogP contribution in [0.1, 0.15) is 29.8 Å². The summed E-state index contributed by atoms with van der Waals surface area (Å²) in [4.78, 5) is 6.96. The molecule has 3 rings (SSSR count). The highest BCUT2D eigenvalue weighted by Crippen LogP contribution is 2.32. The number of anilines is 1. The van der Waals surface area contributed by atoms with E-state index in [1.807, 2.05) is 13.8 Å². The van der Waals surface area contributed by atoms with E-state index in [-0.39, 0.29) is 0 Å². The molecule has 2 saturated heterocycles. The third kappa shape index (κ3) is 1.99. The van der Waals surface area contributed by atoms with Crippen molar-refractivity contribution in [3.05, 3.63) is 23.0 Å². The van der Waals surface area contributed by atoms with Crippen molar-refractivity contribution in [3.63, 3.8) is 0 Å². The van der Waals surface area contributed by atoms with Crippen molar-refractivity contribution in [3.8, 4) is 0 Å². The zero-order valence-electron chi connectivity index (χ0n) is 11.1. The van der Waals surface area contributed by atoms with E-state index in [2.05, 4.69) is 16.0 Å². The fraction of sp³-hybridized carbons (Fsp3) is 0.643. The van der Waals surface area contributed by atoms with E-state index in [1.54, 1.807) is 0 Å². The van der Waals surface area contributed by atoms with Crippen LogP contribution in [0.2, 0.25) is 0 Å².